The smallest absolute Gasteiger partial charge is 0.341 e. The first-order chi connectivity index (χ1) is 15.5. The molecular weight excluding hydrogens is 416 g/mol. The van der Waals surface area contributed by atoms with Crippen molar-refractivity contribution in [1.82, 2.24) is 0 Å². The van der Waals surface area contributed by atoms with E-state index < -0.39 is 23.9 Å². The third-order valence-corrected chi connectivity index (χ3v) is 4.60. The molecule has 1 aliphatic rings. The van der Waals surface area contributed by atoms with Gasteiger partial charge in [-0.05, 0) is 43.3 Å². The lowest BCUT2D eigenvalue weighted by Crippen LogP contribution is -2.30. The summed E-state index contributed by atoms with van der Waals surface area (Å²) in [6.07, 6.45) is 0.279. The van der Waals surface area contributed by atoms with E-state index >= 15 is 0 Å². The number of fused-ring (bicyclic) bond motifs is 1. The van der Waals surface area contributed by atoms with E-state index in [0.717, 1.165) is 0 Å². The molecule has 0 fully saturated rings. The number of ether oxygens (including phenoxy) is 3. The van der Waals surface area contributed by atoms with Crippen LogP contribution in [-0.4, -0.2) is 37.1 Å². The SMILES string of the molecule is C[C@H](OC(=O)c1ccccc1NC(=O)c1ccco1)C(=O)Nc1ccc2c(c1)OCCO2. The Bertz CT molecular complexity index is 1140. The number of carbonyl (C=O) groups excluding carboxylic acids is 3. The van der Waals surface area contributed by atoms with E-state index in [1.54, 1.807) is 42.5 Å². The minimum Gasteiger partial charge on any atom is -0.486 e. The van der Waals surface area contributed by atoms with Crippen LogP contribution in [0.25, 0.3) is 0 Å². The highest BCUT2D eigenvalue weighted by molar-refractivity contribution is 6.07. The lowest BCUT2D eigenvalue weighted by Gasteiger charge is -2.19. The van der Waals surface area contributed by atoms with Crippen molar-refractivity contribution in [1.29, 1.82) is 0 Å². The molecule has 9 nitrogen and oxygen atoms in total. The maximum Gasteiger partial charge on any atom is 0.341 e. The van der Waals surface area contributed by atoms with E-state index in [9.17, 15) is 14.4 Å². The van der Waals surface area contributed by atoms with Crippen molar-refractivity contribution in [2.75, 3.05) is 23.8 Å². The quantitative estimate of drug-likeness (QED) is 0.568. The highest BCUT2D eigenvalue weighted by Crippen LogP contribution is 2.32. The normalized spacial score (nSPS) is 13.0. The number of anilines is 2. The molecule has 4 rings (SSSR count). The molecule has 2 amide bonds. The summed E-state index contributed by atoms with van der Waals surface area (Å²) in [5, 5.41) is 5.29. The van der Waals surface area contributed by atoms with Crippen LogP contribution in [0.2, 0.25) is 0 Å². The Kier molecular flexibility index (Phi) is 6.07. The lowest BCUT2D eigenvalue weighted by molar-refractivity contribution is -0.123. The lowest BCUT2D eigenvalue weighted by atomic mass is 10.1. The van der Waals surface area contributed by atoms with Gasteiger partial charge in [-0.15, -0.1) is 0 Å². The minimum absolute atomic E-state index is 0.0975. The van der Waals surface area contributed by atoms with Crippen LogP contribution in [0.4, 0.5) is 11.4 Å². The van der Waals surface area contributed by atoms with Gasteiger partial charge in [0.1, 0.15) is 13.2 Å². The standard InChI is InChI=1S/C23H20N2O7/c1-14(21(26)24-15-8-9-18-20(13-15)31-12-11-30-18)32-23(28)16-5-2-3-6-17(16)25-22(27)19-7-4-10-29-19/h2-10,13-14H,11-12H2,1H3,(H,24,26)(H,25,27)/t14-/m0/s1. The van der Waals surface area contributed by atoms with Crippen molar-refractivity contribution in [2.45, 2.75) is 13.0 Å². The zero-order valence-corrected chi connectivity index (χ0v) is 17.1. The van der Waals surface area contributed by atoms with Crippen LogP contribution in [0.15, 0.2) is 65.3 Å². The van der Waals surface area contributed by atoms with E-state index in [1.807, 2.05) is 0 Å². The van der Waals surface area contributed by atoms with Gasteiger partial charge in [-0.25, -0.2) is 4.79 Å². The molecule has 1 atom stereocenters. The summed E-state index contributed by atoms with van der Waals surface area (Å²) in [4.78, 5) is 37.4. The number of rotatable bonds is 6. The predicted octanol–water partition coefficient (Wildman–Crippen LogP) is 3.49. The average Bonchev–Trinajstić information content (AvgIpc) is 3.34. The van der Waals surface area contributed by atoms with Crippen molar-refractivity contribution >= 4 is 29.2 Å². The third-order valence-electron chi connectivity index (χ3n) is 4.60. The largest absolute Gasteiger partial charge is 0.486 e. The van der Waals surface area contributed by atoms with Gasteiger partial charge in [0.2, 0.25) is 0 Å². The van der Waals surface area contributed by atoms with Gasteiger partial charge in [-0.1, -0.05) is 12.1 Å². The summed E-state index contributed by atoms with van der Waals surface area (Å²) < 4.78 is 21.3. The number of amides is 2. The molecule has 0 aliphatic carbocycles. The molecule has 0 spiro atoms. The zero-order valence-electron chi connectivity index (χ0n) is 17.1. The van der Waals surface area contributed by atoms with Crippen LogP contribution < -0.4 is 20.1 Å². The van der Waals surface area contributed by atoms with Crippen molar-refractivity contribution in [2.24, 2.45) is 0 Å². The molecule has 1 aromatic heterocycles. The molecule has 0 bridgehead atoms. The fraction of sp³-hybridized carbons (Fsp3) is 0.174. The molecule has 2 aromatic carbocycles. The van der Waals surface area contributed by atoms with Crippen LogP contribution in [0.5, 0.6) is 11.5 Å². The highest BCUT2D eigenvalue weighted by Gasteiger charge is 2.23. The summed E-state index contributed by atoms with van der Waals surface area (Å²) in [7, 11) is 0. The van der Waals surface area contributed by atoms with Crippen LogP contribution >= 0.6 is 0 Å². The second kappa shape index (κ2) is 9.25. The minimum atomic E-state index is -1.09. The summed E-state index contributed by atoms with van der Waals surface area (Å²) >= 11 is 0. The van der Waals surface area contributed by atoms with Gasteiger partial charge in [-0.3, -0.25) is 9.59 Å². The highest BCUT2D eigenvalue weighted by atomic mass is 16.6. The van der Waals surface area contributed by atoms with E-state index in [0.29, 0.717) is 30.4 Å². The molecule has 1 aliphatic heterocycles. The van der Waals surface area contributed by atoms with Gasteiger partial charge in [0.05, 0.1) is 17.5 Å². The van der Waals surface area contributed by atoms with Crippen LogP contribution in [0.1, 0.15) is 27.8 Å². The number of hydrogen-bond donors (Lipinski definition) is 2. The molecule has 0 unspecified atom stereocenters. The monoisotopic (exact) mass is 436 g/mol. The first kappa shape index (κ1) is 21.0. The Morgan fingerprint density at radius 3 is 2.50 bits per heavy atom. The maximum absolute atomic E-state index is 12.7. The first-order valence-electron chi connectivity index (χ1n) is 9.86. The number of hydrogen-bond acceptors (Lipinski definition) is 7. The van der Waals surface area contributed by atoms with E-state index in [1.165, 1.54) is 25.3 Å². The number of para-hydroxylation sites is 1. The summed E-state index contributed by atoms with van der Waals surface area (Å²) in [6.45, 7) is 2.35. The molecule has 32 heavy (non-hydrogen) atoms. The maximum atomic E-state index is 12.7. The van der Waals surface area contributed by atoms with Crippen molar-refractivity contribution in [3.63, 3.8) is 0 Å². The van der Waals surface area contributed by atoms with Gasteiger partial charge >= 0.3 is 5.97 Å². The Morgan fingerprint density at radius 2 is 1.72 bits per heavy atom. The van der Waals surface area contributed by atoms with Gasteiger partial charge < -0.3 is 29.3 Å². The number of nitrogens with one attached hydrogen (secondary N) is 2. The molecule has 0 radical (unpaired) electrons. The fourth-order valence-electron chi connectivity index (χ4n) is 3.00. The van der Waals surface area contributed by atoms with Crippen LogP contribution in [0, 0.1) is 0 Å². The van der Waals surface area contributed by atoms with Gasteiger partial charge in [0.25, 0.3) is 11.8 Å². The molecule has 9 heteroatoms. The van der Waals surface area contributed by atoms with E-state index in [4.69, 9.17) is 18.6 Å². The second-order valence-corrected chi connectivity index (χ2v) is 6.87. The predicted molar refractivity (Wildman–Crippen MR) is 114 cm³/mol. The summed E-state index contributed by atoms with van der Waals surface area (Å²) in [5.41, 5.74) is 0.818. The van der Waals surface area contributed by atoms with Crippen molar-refractivity contribution in [3.8, 4) is 11.5 Å². The Balaban J connectivity index is 1.40. The Morgan fingerprint density at radius 1 is 0.938 bits per heavy atom. The Hall–Kier alpha value is -4.27. The van der Waals surface area contributed by atoms with Gasteiger partial charge in [0, 0.05) is 11.8 Å². The van der Waals surface area contributed by atoms with Crippen molar-refractivity contribution < 1.29 is 33.0 Å². The van der Waals surface area contributed by atoms with Crippen LogP contribution in [-0.2, 0) is 9.53 Å². The average molecular weight is 436 g/mol. The van der Waals surface area contributed by atoms with E-state index in [2.05, 4.69) is 10.6 Å². The zero-order chi connectivity index (χ0) is 22.5. The number of carbonyl (C=O) groups is 3. The molecular formula is C23H20N2O7. The molecule has 0 saturated carbocycles. The molecule has 3 aromatic rings. The molecule has 2 heterocycles. The van der Waals surface area contributed by atoms with Gasteiger partial charge in [-0.2, -0.15) is 0 Å². The van der Waals surface area contributed by atoms with Crippen LogP contribution in [0.3, 0.4) is 0 Å². The summed E-state index contributed by atoms with van der Waals surface area (Å²) in [5.74, 6) is -0.570. The second-order valence-electron chi connectivity index (χ2n) is 6.87. The van der Waals surface area contributed by atoms with E-state index in [-0.39, 0.29) is 17.0 Å². The summed E-state index contributed by atoms with van der Waals surface area (Å²) in [6, 6.07) is 14.4. The number of benzene rings is 2. The fourth-order valence-corrected chi connectivity index (χ4v) is 3.00. The number of esters is 1. The first-order valence-corrected chi connectivity index (χ1v) is 9.86. The molecule has 0 saturated heterocycles. The topological polar surface area (TPSA) is 116 Å². The number of furan rings is 1. The Labute approximate surface area is 183 Å². The van der Waals surface area contributed by atoms with Crippen molar-refractivity contribution in [3.05, 3.63) is 72.2 Å². The molecule has 2 N–H and O–H groups in total. The molecule has 164 valence electrons. The third kappa shape index (κ3) is 4.72. The van der Waals surface area contributed by atoms with Gasteiger partial charge in [0.15, 0.2) is 23.4 Å².